The lowest BCUT2D eigenvalue weighted by Gasteiger charge is -2.43. The molecular formula is C14H21NO5S2. The predicted octanol–water partition coefficient (Wildman–Crippen LogP) is 2.01. The number of morpholine rings is 1. The van der Waals surface area contributed by atoms with Crippen molar-refractivity contribution in [3.8, 4) is 0 Å². The van der Waals surface area contributed by atoms with E-state index >= 15 is 0 Å². The van der Waals surface area contributed by atoms with Crippen molar-refractivity contribution in [1.82, 2.24) is 4.31 Å². The van der Waals surface area contributed by atoms with Gasteiger partial charge >= 0.3 is 5.97 Å². The molecule has 6 nitrogen and oxygen atoms in total. The Labute approximate surface area is 134 Å². The molecule has 1 aromatic rings. The van der Waals surface area contributed by atoms with Crippen molar-refractivity contribution in [2.24, 2.45) is 0 Å². The van der Waals surface area contributed by atoms with Crippen LogP contribution in [0.15, 0.2) is 10.3 Å². The Kier molecular flexibility index (Phi) is 4.68. The summed E-state index contributed by atoms with van der Waals surface area (Å²) in [5.41, 5.74) is 0.00819. The molecule has 1 saturated heterocycles. The van der Waals surface area contributed by atoms with Crippen LogP contribution < -0.4 is 0 Å². The average Bonchev–Trinajstić information content (AvgIpc) is 2.71. The Bertz CT molecular complexity index is 658. The third-order valence-electron chi connectivity index (χ3n) is 3.76. The molecule has 1 aliphatic rings. The molecule has 0 saturated carbocycles. The number of hydrogen-bond acceptors (Lipinski definition) is 5. The summed E-state index contributed by atoms with van der Waals surface area (Å²) in [6.07, 6.45) is -0.830. The van der Waals surface area contributed by atoms with Gasteiger partial charge < -0.3 is 9.84 Å². The maximum Gasteiger partial charge on any atom is 0.306 e. The smallest absolute Gasteiger partial charge is 0.306 e. The summed E-state index contributed by atoms with van der Waals surface area (Å²) in [6.45, 7) is 7.37. The van der Waals surface area contributed by atoms with Gasteiger partial charge in [-0.1, -0.05) is 0 Å². The van der Waals surface area contributed by atoms with E-state index in [1.54, 1.807) is 27.7 Å². The number of rotatable bonds is 4. The van der Waals surface area contributed by atoms with Crippen LogP contribution in [0.2, 0.25) is 0 Å². The van der Waals surface area contributed by atoms with E-state index in [9.17, 15) is 13.2 Å². The molecule has 1 aliphatic heterocycles. The number of ether oxygens (including phenoxy) is 1. The molecule has 0 amide bonds. The van der Waals surface area contributed by atoms with Crippen LogP contribution in [-0.4, -0.2) is 48.6 Å². The highest BCUT2D eigenvalue weighted by Gasteiger charge is 2.44. The molecule has 1 atom stereocenters. The lowest BCUT2D eigenvalue weighted by atomic mass is 10.0. The molecule has 0 radical (unpaired) electrons. The van der Waals surface area contributed by atoms with Crippen LogP contribution in [-0.2, 0) is 19.6 Å². The van der Waals surface area contributed by atoms with Crippen LogP contribution in [0.25, 0.3) is 0 Å². The monoisotopic (exact) mass is 347 g/mol. The van der Waals surface area contributed by atoms with Crippen LogP contribution in [0.4, 0.5) is 0 Å². The lowest BCUT2D eigenvalue weighted by molar-refractivity contribution is -0.143. The predicted molar refractivity (Wildman–Crippen MR) is 83.8 cm³/mol. The zero-order valence-corrected chi connectivity index (χ0v) is 14.8. The number of sulfonamides is 1. The van der Waals surface area contributed by atoms with E-state index in [4.69, 9.17) is 9.84 Å². The maximum atomic E-state index is 13.1. The first-order chi connectivity index (χ1) is 10.1. The summed E-state index contributed by atoms with van der Waals surface area (Å²) in [7, 11) is -3.69. The van der Waals surface area contributed by atoms with Gasteiger partial charge in [0.1, 0.15) is 0 Å². The third kappa shape index (κ3) is 3.19. The molecular weight excluding hydrogens is 326 g/mol. The van der Waals surface area contributed by atoms with Gasteiger partial charge in [0.15, 0.2) is 0 Å². The number of thiophene rings is 1. The molecule has 1 aromatic heterocycles. The Balaban J connectivity index is 2.40. The topological polar surface area (TPSA) is 83.9 Å². The summed E-state index contributed by atoms with van der Waals surface area (Å²) in [5, 5.41) is 10.7. The van der Waals surface area contributed by atoms with Gasteiger partial charge in [-0.15, -0.1) is 11.3 Å². The fourth-order valence-electron chi connectivity index (χ4n) is 2.68. The zero-order valence-electron chi connectivity index (χ0n) is 13.1. The zero-order chi connectivity index (χ0) is 16.7. The molecule has 1 fully saturated rings. The Morgan fingerprint density at radius 2 is 2.14 bits per heavy atom. The van der Waals surface area contributed by atoms with E-state index < -0.39 is 27.6 Å². The standard InChI is InChI=1S/C14H21NO5S2/c1-9-7-21-10(2)13(9)22(18,19)15-6-11(5-12(16)17)20-8-14(15,3)4/h7,11H,5-6,8H2,1-4H3,(H,16,17). The molecule has 1 N–H and O–H groups in total. The van der Waals surface area contributed by atoms with Crippen LogP contribution in [0.1, 0.15) is 30.7 Å². The molecule has 0 aromatic carbocycles. The van der Waals surface area contributed by atoms with Crippen molar-refractivity contribution in [2.45, 2.75) is 50.7 Å². The fraction of sp³-hybridized carbons (Fsp3) is 0.643. The first-order valence-electron chi connectivity index (χ1n) is 6.96. The molecule has 2 heterocycles. The summed E-state index contributed by atoms with van der Waals surface area (Å²) in [4.78, 5) is 12.0. The van der Waals surface area contributed by atoms with Crippen LogP contribution in [0.3, 0.4) is 0 Å². The van der Waals surface area contributed by atoms with Gasteiger partial charge in [-0.25, -0.2) is 8.42 Å². The highest BCUT2D eigenvalue weighted by atomic mass is 32.2. The van der Waals surface area contributed by atoms with E-state index in [0.717, 1.165) is 10.4 Å². The number of aryl methyl sites for hydroxylation is 2. The summed E-state index contributed by atoms with van der Waals surface area (Å²) in [5.74, 6) is -0.995. The summed E-state index contributed by atoms with van der Waals surface area (Å²) < 4.78 is 33.0. The van der Waals surface area contributed by atoms with E-state index in [2.05, 4.69) is 0 Å². The van der Waals surface area contributed by atoms with E-state index in [1.807, 2.05) is 5.38 Å². The number of carboxylic acid groups (broad SMARTS) is 1. The highest BCUT2D eigenvalue weighted by molar-refractivity contribution is 7.89. The minimum absolute atomic E-state index is 0.0519. The van der Waals surface area contributed by atoms with Crippen LogP contribution in [0.5, 0.6) is 0 Å². The van der Waals surface area contributed by atoms with Gasteiger partial charge in [0, 0.05) is 11.4 Å². The third-order valence-corrected chi connectivity index (χ3v) is 7.28. The Morgan fingerprint density at radius 3 is 2.64 bits per heavy atom. The van der Waals surface area contributed by atoms with Crippen molar-refractivity contribution >= 4 is 27.3 Å². The molecule has 124 valence electrons. The fourth-order valence-corrected chi connectivity index (χ4v) is 6.07. The first-order valence-corrected chi connectivity index (χ1v) is 9.28. The minimum Gasteiger partial charge on any atom is -0.481 e. The molecule has 0 spiro atoms. The van der Waals surface area contributed by atoms with E-state index in [1.165, 1.54) is 15.6 Å². The molecule has 8 heteroatoms. The number of aliphatic carboxylic acids is 1. The van der Waals surface area contributed by atoms with Crippen molar-refractivity contribution in [3.05, 3.63) is 15.8 Å². The highest BCUT2D eigenvalue weighted by Crippen LogP contribution is 2.34. The van der Waals surface area contributed by atoms with Gasteiger partial charge in [-0.05, 0) is 38.6 Å². The second-order valence-corrected chi connectivity index (χ2v) is 9.07. The van der Waals surface area contributed by atoms with Gasteiger partial charge in [-0.3, -0.25) is 4.79 Å². The molecule has 1 unspecified atom stereocenters. The van der Waals surface area contributed by atoms with Crippen LogP contribution >= 0.6 is 11.3 Å². The van der Waals surface area contributed by atoms with E-state index in [-0.39, 0.29) is 19.6 Å². The number of carbonyl (C=O) groups is 1. The SMILES string of the molecule is Cc1csc(C)c1S(=O)(=O)N1CC(CC(=O)O)OCC1(C)C. The minimum atomic E-state index is -3.69. The van der Waals surface area contributed by atoms with Gasteiger partial charge in [0.2, 0.25) is 10.0 Å². The molecule has 0 aliphatic carbocycles. The van der Waals surface area contributed by atoms with Crippen LogP contribution in [0, 0.1) is 13.8 Å². The van der Waals surface area contributed by atoms with Gasteiger partial charge in [0.05, 0.1) is 29.6 Å². The van der Waals surface area contributed by atoms with E-state index in [0.29, 0.717) is 4.90 Å². The van der Waals surface area contributed by atoms with Crippen molar-refractivity contribution < 1.29 is 23.1 Å². The average molecular weight is 347 g/mol. The second kappa shape index (κ2) is 5.92. The van der Waals surface area contributed by atoms with Crippen molar-refractivity contribution in [2.75, 3.05) is 13.2 Å². The maximum absolute atomic E-state index is 13.1. The largest absolute Gasteiger partial charge is 0.481 e. The van der Waals surface area contributed by atoms with Gasteiger partial charge in [0.25, 0.3) is 0 Å². The quantitative estimate of drug-likeness (QED) is 0.901. The Hall–Kier alpha value is -0.960. The second-order valence-electron chi connectivity index (χ2n) is 6.18. The van der Waals surface area contributed by atoms with Gasteiger partial charge in [-0.2, -0.15) is 4.31 Å². The molecule has 2 rings (SSSR count). The summed E-state index contributed by atoms with van der Waals surface area (Å²) >= 11 is 1.40. The normalized spacial score (nSPS) is 22.6. The molecule has 0 bridgehead atoms. The number of nitrogens with zero attached hydrogens (tertiary/aromatic N) is 1. The summed E-state index contributed by atoms with van der Waals surface area (Å²) in [6, 6.07) is 0. The van der Waals surface area contributed by atoms with Crippen molar-refractivity contribution in [3.63, 3.8) is 0 Å². The number of carboxylic acids is 1. The first kappa shape index (κ1) is 17.4. The lowest BCUT2D eigenvalue weighted by Crippen LogP contribution is -2.58. The van der Waals surface area contributed by atoms with Crippen molar-refractivity contribution in [1.29, 1.82) is 0 Å². The Morgan fingerprint density at radius 1 is 1.50 bits per heavy atom. The number of hydrogen-bond donors (Lipinski definition) is 1. The molecule has 22 heavy (non-hydrogen) atoms.